The average Bonchev–Trinajstić information content (AvgIpc) is 3.21. The van der Waals surface area contributed by atoms with E-state index < -0.39 is 0 Å². The Hall–Kier alpha value is -2.27. The van der Waals surface area contributed by atoms with Gasteiger partial charge in [0.05, 0.1) is 0 Å². The van der Waals surface area contributed by atoms with E-state index in [-0.39, 0.29) is 0 Å². The third-order valence-corrected chi connectivity index (χ3v) is 7.45. The smallest absolute Gasteiger partial charge is 0.101 e. The third kappa shape index (κ3) is 5.20. The van der Waals surface area contributed by atoms with Crippen molar-refractivity contribution in [1.29, 1.82) is 0 Å². The predicted molar refractivity (Wildman–Crippen MR) is 142 cm³/mol. The zero-order valence-corrected chi connectivity index (χ0v) is 20.8. The molecule has 172 valence electrons. The van der Waals surface area contributed by atoms with Gasteiger partial charge < -0.3 is 19.6 Å². The highest BCUT2D eigenvalue weighted by Crippen LogP contribution is 2.29. The van der Waals surface area contributed by atoms with Crippen molar-refractivity contribution in [3.63, 3.8) is 0 Å². The number of aryl methyl sites for hydroxylation is 1. The fourth-order valence-electron chi connectivity index (χ4n) is 4.82. The molecule has 2 aliphatic heterocycles. The van der Waals surface area contributed by atoms with Crippen LogP contribution in [0.3, 0.4) is 0 Å². The van der Waals surface area contributed by atoms with Crippen LogP contribution in [0.15, 0.2) is 60.9 Å². The molecule has 0 saturated carbocycles. The second kappa shape index (κ2) is 10.6. The summed E-state index contributed by atoms with van der Waals surface area (Å²) in [6, 6.07) is 18.8. The van der Waals surface area contributed by atoms with Gasteiger partial charge in [0.25, 0.3) is 0 Å². The number of hydrogen-bond acceptors (Lipinski definition) is 5. The van der Waals surface area contributed by atoms with Crippen LogP contribution >= 0.6 is 11.8 Å². The van der Waals surface area contributed by atoms with Gasteiger partial charge in [-0.25, -0.2) is 0 Å². The summed E-state index contributed by atoms with van der Waals surface area (Å²) in [5, 5.41) is 0. The normalized spacial score (nSPS) is 17.1. The fourth-order valence-corrected chi connectivity index (χ4v) is 5.25. The van der Waals surface area contributed by atoms with Crippen molar-refractivity contribution in [3.8, 4) is 0 Å². The molecule has 5 heteroatoms. The SMILES string of the molecule is C=C1N(c2ccc(N3CCN(c4ccc(CCCSC)cc4)CC3)cc2)CCN1C(C)C. The average molecular weight is 451 g/mol. The van der Waals surface area contributed by atoms with E-state index >= 15 is 0 Å². The lowest BCUT2D eigenvalue weighted by atomic mass is 10.1. The van der Waals surface area contributed by atoms with Crippen LogP contribution in [0.25, 0.3) is 0 Å². The molecular weight excluding hydrogens is 412 g/mol. The van der Waals surface area contributed by atoms with Gasteiger partial charge in [-0.3, -0.25) is 0 Å². The standard InChI is InChI=1S/C27H38N4S/c1-22(2)30-19-20-31(23(30)3)27-13-11-26(12-14-27)29-17-15-28(16-18-29)25-9-7-24(8-10-25)6-5-21-32-4/h7-14,22H,3,5-6,15-21H2,1-2,4H3. The van der Waals surface area contributed by atoms with E-state index in [4.69, 9.17) is 0 Å². The molecule has 2 fully saturated rings. The van der Waals surface area contributed by atoms with Gasteiger partial charge in [-0.15, -0.1) is 0 Å². The van der Waals surface area contributed by atoms with Crippen molar-refractivity contribution in [2.45, 2.75) is 32.7 Å². The van der Waals surface area contributed by atoms with Crippen molar-refractivity contribution < 1.29 is 0 Å². The van der Waals surface area contributed by atoms with Gasteiger partial charge in [0.15, 0.2) is 0 Å². The van der Waals surface area contributed by atoms with E-state index in [1.165, 1.54) is 41.2 Å². The molecule has 0 aliphatic carbocycles. The minimum Gasteiger partial charge on any atom is -0.368 e. The van der Waals surface area contributed by atoms with Crippen molar-refractivity contribution in [2.24, 2.45) is 0 Å². The molecule has 2 heterocycles. The largest absolute Gasteiger partial charge is 0.368 e. The number of piperazine rings is 1. The summed E-state index contributed by atoms with van der Waals surface area (Å²) in [5.74, 6) is 2.37. The Morgan fingerprint density at radius 2 is 1.31 bits per heavy atom. The number of thioether (sulfide) groups is 1. The van der Waals surface area contributed by atoms with Gasteiger partial charge >= 0.3 is 0 Å². The fraction of sp³-hybridized carbons (Fsp3) is 0.481. The van der Waals surface area contributed by atoms with Crippen LogP contribution in [0.2, 0.25) is 0 Å². The maximum atomic E-state index is 4.32. The molecule has 0 aromatic heterocycles. The summed E-state index contributed by atoms with van der Waals surface area (Å²) in [4.78, 5) is 9.75. The number of benzene rings is 2. The first-order valence-corrected chi connectivity index (χ1v) is 13.4. The lowest BCUT2D eigenvalue weighted by Gasteiger charge is -2.37. The molecule has 0 atom stereocenters. The van der Waals surface area contributed by atoms with Crippen LogP contribution < -0.4 is 14.7 Å². The first kappa shape index (κ1) is 22.9. The monoisotopic (exact) mass is 450 g/mol. The quantitative estimate of drug-likeness (QED) is 0.504. The summed E-state index contributed by atoms with van der Waals surface area (Å²) in [5.41, 5.74) is 5.39. The zero-order valence-electron chi connectivity index (χ0n) is 20.0. The minimum absolute atomic E-state index is 0.499. The van der Waals surface area contributed by atoms with Gasteiger partial charge in [0.1, 0.15) is 5.82 Å². The highest BCUT2D eigenvalue weighted by Gasteiger charge is 2.26. The summed E-state index contributed by atoms with van der Waals surface area (Å²) in [6.45, 7) is 15.1. The summed E-state index contributed by atoms with van der Waals surface area (Å²) >= 11 is 1.93. The van der Waals surface area contributed by atoms with Crippen molar-refractivity contribution in [2.75, 3.05) is 66.0 Å². The molecule has 0 unspecified atom stereocenters. The molecule has 2 aliphatic rings. The van der Waals surface area contributed by atoms with Gasteiger partial charge in [0.2, 0.25) is 0 Å². The highest BCUT2D eigenvalue weighted by molar-refractivity contribution is 7.98. The number of hydrogen-bond donors (Lipinski definition) is 0. The minimum atomic E-state index is 0.499. The first-order valence-electron chi connectivity index (χ1n) is 12.0. The predicted octanol–water partition coefficient (Wildman–Crippen LogP) is 5.31. The third-order valence-electron chi connectivity index (χ3n) is 6.75. The Kier molecular flexibility index (Phi) is 7.56. The van der Waals surface area contributed by atoms with E-state index in [0.717, 1.165) is 45.1 Å². The summed E-state index contributed by atoms with van der Waals surface area (Å²) in [7, 11) is 0. The topological polar surface area (TPSA) is 13.0 Å². The number of anilines is 3. The molecule has 2 aromatic carbocycles. The maximum absolute atomic E-state index is 4.32. The van der Waals surface area contributed by atoms with Crippen LogP contribution in [0.5, 0.6) is 0 Å². The van der Waals surface area contributed by atoms with Gasteiger partial charge in [-0.2, -0.15) is 11.8 Å². The maximum Gasteiger partial charge on any atom is 0.101 e. The van der Waals surface area contributed by atoms with E-state index in [1.807, 2.05) is 11.8 Å². The molecule has 0 bridgehead atoms. The van der Waals surface area contributed by atoms with Crippen molar-refractivity contribution in [1.82, 2.24) is 4.90 Å². The molecule has 4 nitrogen and oxygen atoms in total. The van der Waals surface area contributed by atoms with Gasteiger partial charge in [-0.1, -0.05) is 18.7 Å². The van der Waals surface area contributed by atoms with Crippen LogP contribution in [-0.4, -0.2) is 62.2 Å². The molecule has 0 spiro atoms. The molecule has 2 saturated heterocycles. The molecule has 4 rings (SSSR count). The molecule has 0 amide bonds. The van der Waals surface area contributed by atoms with Gasteiger partial charge in [-0.05, 0) is 80.7 Å². The van der Waals surface area contributed by atoms with Crippen molar-refractivity contribution in [3.05, 3.63) is 66.5 Å². The van der Waals surface area contributed by atoms with E-state index in [1.54, 1.807) is 0 Å². The highest BCUT2D eigenvalue weighted by atomic mass is 32.2. The van der Waals surface area contributed by atoms with Crippen LogP contribution in [-0.2, 0) is 6.42 Å². The second-order valence-electron chi connectivity index (χ2n) is 9.11. The van der Waals surface area contributed by atoms with E-state index in [0.29, 0.717) is 6.04 Å². The zero-order chi connectivity index (χ0) is 22.5. The lowest BCUT2D eigenvalue weighted by Crippen LogP contribution is -2.46. The lowest BCUT2D eigenvalue weighted by molar-refractivity contribution is 0.328. The molecule has 2 aromatic rings. The Morgan fingerprint density at radius 3 is 1.81 bits per heavy atom. The number of nitrogens with zero attached hydrogens (tertiary/aromatic N) is 4. The summed E-state index contributed by atoms with van der Waals surface area (Å²) < 4.78 is 0. The van der Waals surface area contributed by atoms with Crippen LogP contribution in [0.1, 0.15) is 25.8 Å². The Bertz CT molecular complexity index is 870. The Morgan fingerprint density at radius 1 is 0.781 bits per heavy atom. The molecule has 32 heavy (non-hydrogen) atoms. The Balaban J connectivity index is 1.30. The molecular formula is C27H38N4S. The first-order chi connectivity index (χ1) is 15.6. The molecule has 0 radical (unpaired) electrons. The van der Waals surface area contributed by atoms with Gasteiger partial charge in [0, 0.05) is 62.4 Å². The molecule has 0 N–H and O–H groups in total. The second-order valence-corrected chi connectivity index (χ2v) is 10.1. The van der Waals surface area contributed by atoms with Crippen LogP contribution in [0.4, 0.5) is 17.1 Å². The Labute approximate surface area is 198 Å². The summed E-state index contributed by atoms with van der Waals surface area (Å²) in [6.07, 6.45) is 4.63. The number of rotatable bonds is 8. The van der Waals surface area contributed by atoms with E-state index in [9.17, 15) is 0 Å². The van der Waals surface area contributed by atoms with Crippen LogP contribution in [0, 0.1) is 0 Å². The van der Waals surface area contributed by atoms with Crippen molar-refractivity contribution >= 4 is 28.8 Å². The van der Waals surface area contributed by atoms with E-state index in [2.05, 4.69) is 94.8 Å².